The van der Waals surface area contributed by atoms with E-state index in [2.05, 4.69) is 10.5 Å². The van der Waals surface area contributed by atoms with Crippen molar-refractivity contribution >= 4 is 12.1 Å². The Balaban J connectivity index is 1.91. The second-order valence-electron chi connectivity index (χ2n) is 6.55. The van der Waals surface area contributed by atoms with E-state index in [9.17, 15) is 15.0 Å². The van der Waals surface area contributed by atoms with Gasteiger partial charge < -0.3 is 14.9 Å². The van der Waals surface area contributed by atoms with Gasteiger partial charge in [0.25, 0.3) is 5.91 Å². The van der Waals surface area contributed by atoms with E-state index < -0.39 is 11.5 Å². The third-order valence-corrected chi connectivity index (χ3v) is 4.55. The van der Waals surface area contributed by atoms with Crippen molar-refractivity contribution in [3.8, 4) is 11.5 Å². The Morgan fingerprint density at radius 3 is 2.10 bits per heavy atom. The lowest BCUT2D eigenvalue weighted by Gasteiger charge is -2.27. The number of aliphatic hydroxyl groups is 1. The average Bonchev–Trinajstić information content (AvgIpc) is 2.76. The summed E-state index contributed by atoms with van der Waals surface area (Å²) in [6, 6.07) is 20.7. The van der Waals surface area contributed by atoms with Gasteiger partial charge in [0, 0.05) is 5.56 Å². The fourth-order valence-corrected chi connectivity index (χ4v) is 3.06. The van der Waals surface area contributed by atoms with E-state index in [4.69, 9.17) is 4.74 Å². The lowest BCUT2D eigenvalue weighted by molar-refractivity contribution is -0.136. The summed E-state index contributed by atoms with van der Waals surface area (Å²) in [6.07, 6.45) is 1.30. The van der Waals surface area contributed by atoms with Crippen molar-refractivity contribution in [3.63, 3.8) is 0 Å². The van der Waals surface area contributed by atoms with Crippen molar-refractivity contribution < 1.29 is 19.7 Å². The monoisotopic (exact) mass is 390 g/mol. The Hall–Kier alpha value is -3.64. The molecular weight excluding hydrogens is 368 g/mol. The van der Waals surface area contributed by atoms with Gasteiger partial charge in [0.15, 0.2) is 17.1 Å². The first-order valence-corrected chi connectivity index (χ1v) is 9.01. The van der Waals surface area contributed by atoms with Crippen molar-refractivity contribution in [1.82, 2.24) is 5.43 Å². The van der Waals surface area contributed by atoms with Crippen LogP contribution in [0.1, 0.15) is 22.3 Å². The Labute approximate surface area is 169 Å². The summed E-state index contributed by atoms with van der Waals surface area (Å²) in [5, 5.41) is 25.5. The molecule has 1 amide bonds. The number of aromatic hydroxyl groups is 1. The van der Waals surface area contributed by atoms with Crippen molar-refractivity contribution in [3.05, 3.63) is 95.1 Å². The minimum Gasteiger partial charge on any atom is -0.504 e. The van der Waals surface area contributed by atoms with Crippen molar-refractivity contribution in [2.45, 2.75) is 12.5 Å². The van der Waals surface area contributed by atoms with Crippen molar-refractivity contribution in [2.24, 2.45) is 5.10 Å². The van der Waals surface area contributed by atoms with E-state index in [1.54, 1.807) is 72.8 Å². The van der Waals surface area contributed by atoms with E-state index in [1.165, 1.54) is 13.3 Å². The van der Waals surface area contributed by atoms with Gasteiger partial charge >= 0.3 is 0 Å². The molecule has 0 bridgehead atoms. The highest BCUT2D eigenvalue weighted by molar-refractivity contribution is 5.92. The number of nitrogens with zero attached hydrogens (tertiary/aromatic N) is 1. The standard InChI is InChI=1S/C23H22N2O4/c1-16-13-17(21(26)20(14-16)29-2)15-24-25-22(27)23(28,18-9-5-3-6-10-18)19-11-7-4-8-12-19/h3-15,26,28H,1-2H3,(H,25,27)/b24-15+. The largest absolute Gasteiger partial charge is 0.504 e. The average molecular weight is 390 g/mol. The summed E-state index contributed by atoms with van der Waals surface area (Å²) in [6.45, 7) is 1.85. The molecule has 6 nitrogen and oxygen atoms in total. The topological polar surface area (TPSA) is 91.2 Å². The van der Waals surface area contributed by atoms with Crippen LogP contribution in [0, 0.1) is 6.92 Å². The van der Waals surface area contributed by atoms with Crippen molar-refractivity contribution in [2.75, 3.05) is 7.11 Å². The fraction of sp³-hybridized carbons (Fsp3) is 0.130. The van der Waals surface area contributed by atoms with Gasteiger partial charge in [-0.3, -0.25) is 4.79 Å². The number of rotatable bonds is 6. The molecule has 6 heteroatoms. The van der Waals surface area contributed by atoms with Crippen LogP contribution in [-0.2, 0) is 10.4 Å². The SMILES string of the molecule is COc1cc(C)cc(/C=N/NC(=O)C(O)(c2ccccc2)c2ccccc2)c1O. The molecule has 0 radical (unpaired) electrons. The molecular formula is C23H22N2O4. The molecule has 0 aliphatic rings. The van der Waals surface area contributed by atoms with Gasteiger partial charge in [0.1, 0.15) is 0 Å². The first-order valence-electron chi connectivity index (χ1n) is 9.01. The van der Waals surface area contributed by atoms with E-state index in [0.29, 0.717) is 22.4 Å². The molecule has 0 unspecified atom stereocenters. The van der Waals surface area contributed by atoms with Gasteiger partial charge in [0.05, 0.1) is 13.3 Å². The zero-order valence-corrected chi connectivity index (χ0v) is 16.2. The van der Waals surface area contributed by atoms with Crippen molar-refractivity contribution in [1.29, 1.82) is 0 Å². The summed E-state index contributed by atoms with van der Waals surface area (Å²) in [7, 11) is 1.46. The smallest absolute Gasteiger partial charge is 0.281 e. The van der Waals surface area contributed by atoms with Crippen LogP contribution < -0.4 is 10.2 Å². The lowest BCUT2D eigenvalue weighted by atomic mass is 9.85. The van der Waals surface area contributed by atoms with Crippen LogP contribution in [0.2, 0.25) is 0 Å². The zero-order valence-electron chi connectivity index (χ0n) is 16.2. The van der Waals surface area contributed by atoms with Gasteiger partial charge in [-0.25, -0.2) is 5.43 Å². The fourth-order valence-electron chi connectivity index (χ4n) is 3.06. The summed E-state index contributed by atoms with van der Waals surface area (Å²) in [4.78, 5) is 13.0. The predicted molar refractivity (Wildman–Crippen MR) is 111 cm³/mol. The molecule has 3 N–H and O–H groups in total. The molecule has 3 aromatic carbocycles. The minimum absolute atomic E-state index is 0.0857. The van der Waals surface area contributed by atoms with Crippen LogP contribution in [0.3, 0.4) is 0 Å². The van der Waals surface area contributed by atoms with Gasteiger partial charge in [-0.2, -0.15) is 5.10 Å². The number of hydrazone groups is 1. The van der Waals surface area contributed by atoms with Gasteiger partial charge in [-0.1, -0.05) is 60.7 Å². The number of nitrogens with one attached hydrogen (secondary N) is 1. The lowest BCUT2D eigenvalue weighted by Crippen LogP contribution is -2.43. The zero-order chi connectivity index (χ0) is 20.9. The maximum atomic E-state index is 13.0. The number of carbonyl (C=O) groups excluding carboxylic acids is 1. The number of methoxy groups -OCH3 is 1. The number of carbonyl (C=O) groups is 1. The summed E-state index contributed by atoms with van der Waals surface area (Å²) in [5.74, 6) is -0.495. The highest BCUT2D eigenvalue weighted by atomic mass is 16.5. The number of ether oxygens (including phenoxy) is 1. The second-order valence-corrected chi connectivity index (χ2v) is 6.55. The molecule has 0 aliphatic carbocycles. The van der Waals surface area contributed by atoms with E-state index in [-0.39, 0.29) is 5.75 Å². The van der Waals surface area contributed by atoms with Gasteiger partial charge in [0.2, 0.25) is 0 Å². The highest BCUT2D eigenvalue weighted by Gasteiger charge is 2.39. The molecule has 0 saturated carbocycles. The molecule has 29 heavy (non-hydrogen) atoms. The molecule has 0 aliphatic heterocycles. The third kappa shape index (κ3) is 4.12. The number of amides is 1. The Morgan fingerprint density at radius 2 is 1.59 bits per heavy atom. The Morgan fingerprint density at radius 1 is 1.03 bits per heavy atom. The van der Waals surface area contributed by atoms with E-state index >= 15 is 0 Å². The predicted octanol–water partition coefficient (Wildman–Crippen LogP) is 3.10. The first-order chi connectivity index (χ1) is 14.0. The van der Waals surface area contributed by atoms with E-state index in [1.807, 2.05) is 6.92 Å². The Kier molecular flexibility index (Phi) is 5.95. The van der Waals surface area contributed by atoms with Gasteiger partial charge in [-0.15, -0.1) is 0 Å². The second kappa shape index (κ2) is 8.58. The van der Waals surface area contributed by atoms with E-state index in [0.717, 1.165) is 5.56 Å². The van der Waals surface area contributed by atoms with Crippen LogP contribution in [0.5, 0.6) is 11.5 Å². The summed E-state index contributed by atoms with van der Waals surface area (Å²) < 4.78 is 5.12. The molecule has 3 aromatic rings. The molecule has 148 valence electrons. The molecule has 0 heterocycles. The summed E-state index contributed by atoms with van der Waals surface area (Å²) in [5.41, 5.74) is 2.53. The maximum Gasteiger partial charge on any atom is 0.281 e. The quantitative estimate of drug-likeness (QED) is 0.446. The summed E-state index contributed by atoms with van der Waals surface area (Å²) >= 11 is 0. The number of phenols is 1. The first kappa shape index (κ1) is 20.1. The van der Waals surface area contributed by atoms with Crippen LogP contribution in [0.4, 0.5) is 0 Å². The molecule has 3 rings (SSSR count). The van der Waals surface area contributed by atoms with Crippen LogP contribution >= 0.6 is 0 Å². The minimum atomic E-state index is -1.92. The molecule has 0 saturated heterocycles. The highest BCUT2D eigenvalue weighted by Crippen LogP contribution is 2.31. The molecule has 0 atom stereocenters. The normalized spacial score (nSPS) is 11.4. The van der Waals surface area contributed by atoms with Crippen LogP contribution in [0.25, 0.3) is 0 Å². The number of hydrogen-bond donors (Lipinski definition) is 3. The molecule has 0 spiro atoms. The number of benzene rings is 3. The number of aryl methyl sites for hydroxylation is 1. The number of phenolic OH excluding ortho intramolecular Hbond substituents is 1. The molecule has 0 fully saturated rings. The van der Waals surface area contributed by atoms with Gasteiger partial charge in [-0.05, 0) is 35.7 Å². The number of hydrogen-bond acceptors (Lipinski definition) is 5. The maximum absolute atomic E-state index is 13.0. The van der Waals surface area contributed by atoms with Crippen LogP contribution in [-0.4, -0.2) is 29.4 Å². The van der Waals surface area contributed by atoms with Crippen LogP contribution in [0.15, 0.2) is 77.9 Å². The Bertz CT molecular complexity index is 978. The molecule has 0 aromatic heterocycles. The third-order valence-electron chi connectivity index (χ3n) is 4.55.